The monoisotopic (exact) mass is 243 g/mol. The highest BCUT2D eigenvalue weighted by Gasteiger charge is 2.23. The molecule has 7 heteroatoms. The van der Waals surface area contributed by atoms with Crippen molar-refractivity contribution < 1.29 is 13.2 Å². The van der Waals surface area contributed by atoms with Crippen molar-refractivity contribution in [2.75, 3.05) is 17.3 Å². The lowest BCUT2D eigenvalue weighted by Gasteiger charge is -2.09. The van der Waals surface area contributed by atoms with Crippen LogP contribution >= 0.6 is 0 Å². The van der Waals surface area contributed by atoms with E-state index < -0.39 is 21.0 Å². The van der Waals surface area contributed by atoms with Crippen molar-refractivity contribution in [3.05, 3.63) is 18.3 Å². The van der Waals surface area contributed by atoms with Gasteiger partial charge in [0.2, 0.25) is 5.91 Å². The summed E-state index contributed by atoms with van der Waals surface area (Å²) in [5, 5.41) is 1.35. The molecule has 0 aliphatic carbocycles. The second kappa shape index (κ2) is 4.48. The standard InChI is InChI=1S/C9H13N3O3S/c1-6(16(2,14)15)9(13)12-7-3-4-8(10)11-5-7/h3-6H,1-2H3,(H2,10,11)(H,12,13). The highest BCUT2D eigenvalue weighted by Crippen LogP contribution is 2.09. The predicted octanol–water partition coefficient (Wildman–Crippen LogP) is 0.0354. The highest BCUT2D eigenvalue weighted by atomic mass is 32.2. The summed E-state index contributed by atoms with van der Waals surface area (Å²) in [5.41, 5.74) is 5.78. The van der Waals surface area contributed by atoms with Crippen LogP contribution in [0.25, 0.3) is 0 Å². The summed E-state index contributed by atoms with van der Waals surface area (Å²) in [6, 6.07) is 3.07. The Morgan fingerprint density at radius 3 is 2.56 bits per heavy atom. The van der Waals surface area contributed by atoms with Crippen molar-refractivity contribution in [2.45, 2.75) is 12.2 Å². The molecular formula is C9H13N3O3S. The first-order valence-electron chi connectivity index (χ1n) is 4.52. The Labute approximate surface area is 93.8 Å². The number of rotatable bonds is 3. The molecule has 0 aromatic carbocycles. The van der Waals surface area contributed by atoms with Gasteiger partial charge in [0.25, 0.3) is 0 Å². The zero-order valence-corrected chi connectivity index (χ0v) is 9.78. The Bertz CT molecular complexity index is 481. The molecule has 0 aliphatic rings. The molecule has 1 aromatic rings. The number of nitrogen functional groups attached to an aromatic ring is 1. The SMILES string of the molecule is CC(C(=O)Nc1ccc(N)nc1)S(C)(=O)=O. The van der Waals surface area contributed by atoms with Crippen LogP contribution < -0.4 is 11.1 Å². The summed E-state index contributed by atoms with van der Waals surface area (Å²) in [7, 11) is -3.39. The van der Waals surface area contributed by atoms with Crippen LogP contribution in [-0.2, 0) is 14.6 Å². The van der Waals surface area contributed by atoms with Gasteiger partial charge in [0.15, 0.2) is 9.84 Å². The average Bonchev–Trinajstić information content (AvgIpc) is 2.19. The van der Waals surface area contributed by atoms with E-state index in [9.17, 15) is 13.2 Å². The number of carbonyl (C=O) groups excluding carboxylic acids is 1. The molecule has 0 saturated heterocycles. The first-order chi connectivity index (χ1) is 7.30. The van der Waals surface area contributed by atoms with Gasteiger partial charge in [-0.15, -0.1) is 0 Å². The fraction of sp³-hybridized carbons (Fsp3) is 0.333. The molecule has 0 radical (unpaired) electrons. The number of pyridine rings is 1. The number of carbonyl (C=O) groups is 1. The van der Waals surface area contributed by atoms with E-state index in [1.807, 2.05) is 0 Å². The lowest BCUT2D eigenvalue weighted by molar-refractivity contribution is -0.115. The Morgan fingerprint density at radius 1 is 1.50 bits per heavy atom. The van der Waals surface area contributed by atoms with E-state index >= 15 is 0 Å². The summed E-state index contributed by atoms with van der Waals surface area (Å²) in [4.78, 5) is 15.3. The smallest absolute Gasteiger partial charge is 0.242 e. The molecule has 0 aliphatic heterocycles. The molecule has 1 aromatic heterocycles. The van der Waals surface area contributed by atoms with E-state index in [2.05, 4.69) is 10.3 Å². The van der Waals surface area contributed by atoms with E-state index in [1.165, 1.54) is 19.2 Å². The van der Waals surface area contributed by atoms with Crippen molar-refractivity contribution >= 4 is 27.2 Å². The molecule has 88 valence electrons. The molecule has 0 spiro atoms. The number of nitrogens with two attached hydrogens (primary N) is 1. The second-order valence-corrected chi connectivity index (χ2v) is 5.80. The predicted molar refractivity (Wildman–Crippen MR) is 61.6 cm³/mol. The number of hydrogen-bond acceptors (Lipinski definition) is 5. The summed E-state index contributed by atoms with van der Waals surface area (Å²) in [5.74, 6) is -0.261. The molecule has 1 atom stereocenters. The molecule has 16 heavy (non-hydrogen) atoms. The lowest BCUT2D eigenvalue weighted by atomic mass is 10.3. The molecule has 0 fully saturated rings. The minimum atomic E-state index is -3.39. The summed E-state index contributed by atoms with van der Waals surface area (Å²) in [6.07, 6.45) is 2.38. The Morgan fingerprint density at radius 2 is 2.12 bits per heavy atom. The maximum atomic E-state index is 11.5. The van der Waals surface area contributed by atoms with E-state index in [-0.39, 0.29) is 0 Å². The van der Waals surface area contributed by atoms with Crippen molar-refractivity contribution in [2.24, 2.45) is 0 Å². The summed E-state index contributed by atoms with van der Waals surface area (Å²) >= 11 is 0. The van der Waals surface area contributed by atoms with Gasteiger partial charge in [-0.2, -0.15) is 0 Å². The van der Waals surface area contributed by atoms with Gasteiger partial charge in [-0.1, -0.05) is 0 Å². The third-order valence-corrected chi connectivity index (χ3v) is 3.56. The van der Waals surface area contributed by atoms with Gasteiger partial charge in [-0.3, -0.25) is 4.79 Å². The van der Waals surface area contributed by atoms with Crippen LogP contribution in [0.1, 0.15) is 6.92 Å². The first kappa shape index (κ1) is 12.4. The van der Waals surface area contributed by atoms with E-state index in [0.29, 0.717) is 11.5 Å². The van der Waals surface area contributed by atoms with Crippen LogP contribution in [0, 0.1) is 0 Å². The van der Waals surface area contributed by atoms with Gasteiger partial charge < -0.3 is 11.1 Å². The van der Waals surface area contributed by atoms with Crippen LogP contribution in [0.5, 0.6) is 0 Å². The quantitative estimate of drug-likeness (QED) is 0.780. The van der Waals surface area contributed by atoms with Crippen molar-refractivity contribution in [1.29, 1.82) is 0 Å². The maximum absolute atomic E-state index is 11.5. The Hall–Kier alpha value is -1.63. The maximum Gasteiger partial charge on any atom is 0.242 e. The van der Waals surface area contributed by atoms with Gasteiger partial charge in [-0.25, -0.2) is 13.4 Å². The minimum absolute atomic E-state index is 0.328. The van der Waals surface area contributed by atoms with Crippen molar-refractivity contribution in [3.63, 3.8) is 0 Å². The fourth-order valence-electron chi connectivity index (χ4n) is 0.918. The van der Waals surface area contributed by atoms with Crippen LogP contribution in [-0.4, -0.2) is 30.8 Å². The summed E-state index contributed by atoms with van der Waals surface area (Å²) < 4.78 is 22.2. The van der Waals surface area contributed by atoms with Crippen LogP contribution in [0.4, 0.5) is 11.5 Å². The molecule has 0 saturated carbocycles. The number of amides is 1. The molecule has 3 N–H and O–H groups in total. The van der Waals surface area contributed by atoms with E-state index in [0.717, 1.165) is 6.26 Å². The first-order valence-corrected chi connectivity index (χ1v) is 6.47. The second-order valence-electron chi connectivity index (χ2n) is 3.43. The van der Waals surface area contributed by atoms with E-state index in [1.54, 1.807) is 6.07 Å². The lowest BCUT2D eigenvalue weighted by Crippen LogP contribution is -2.31. The number of hydrogen-bond donors (Lipinski definition) is 2. The highest BCUT2D eigenvalue weighted by molar-refractivity contribution is 7.92. The molecule has 0 bridgehead atoms. The fourth-order valence-corrected chi connectivity index (χ4v) is 1.37. The zero-order chi connectivity index (χ0) is 12.3. The van der Waals surface area contributed by atoms with Gasteiger partial charge in [0.1, 0.15) is 11.1 Å². The van der Waals surface area contributed by atoms with Gasteiger partial charge in [-0.05, 0) is 19.1 Å². The summed E-state index contributed by atoms with van der Waals surface area (Å²) in [6.45, 7) is 1.33. The minimum Gasteiger partial charge on any atom is -0.384 e. The van der Waals surface area contributed by atoms with E-state index in [4.69, 9.17) is 5.73 Å². The molecular weight excluding hydrogens is 230 g/mol. The van der Waals surface area contributed by atoms with Gasteiger partial charge in [0.05, 0.1) is 11.9 Å². The number of nitrogens with one attached hydrogen (secondary N) is 1. The molecule has 1 rings (SSSR count). The third kappa shape index (κ3) is 3.20. The topological polar surface area (TPSA) is 102 Å². The number of nitrogens with zero attached hydrogens (tertiary/aromatic N) is 1. The van der Waals surface area contributed by atoms with Crippen LogP contribution in [0.15, 0.2) is 18.3 Å². The Kier molecular flexibility index (Phi) is 3.48. The van der Waals surface area contributed by atoms with Gasteiger partial charge >= 0.3 is 0 Å². The van der Waals surface area contributed by atoms with Gasteiger partial charge in [0, 0.05) is 6.26 Å². The molecule has 1 heterocycles. The number of aromatic nitrogens is 1. The van der Waals surface area contributed by atoms with Crippen molar-refractivity contribution in [3.8, 4) is 0 Å². The van der Waals surface area contributed by atoms with Crippen LogP contribution in [0.3, 0.4) is 0 Å². The van der Waals surface area contributed by atoms with Crippen molar-refractivity contribution in [1.82, 2.24) is 4.98 Å². The number of sulfone groups is 1. The molecule has 1 unspecified atom stereocenters. The average molecular weight is 243 g/mol. The Balaban J connectivity index is 2.76. The third-order valence-electron chi connectivity index (χ3n) is 2.07. The van der Waals surface area contributed by atoms with Crippen LogP contribution in [0.2, 0.25) is 0 Å². The molecule has 1 amide bonds. The molecule has 6 nitrogen and oxygen atoms in total. The largest absolute Gasteiger partial charge is 0.384 e. The zero-order valence-electron chi connectivity index (χ0n) is 8.97. The normalized spacial score (nSPS) is 13.1. The number of anilines is 2.